The maximum Gasteiger partial charge on any atom is 0.182 e. The standard InChI is InChI=1S/C16H15N5/c1-11-3-2-4-13-12(10-21-15(11)13)5-6-19-16-14(9-17)18-7-8-20-16/h2-4,7-8,10,21H,5-6H2,1H3,(H,19,20). The van der Waals surface area contributed by atoms with Gasteiger partial charge in [-0.3, -0.25) is 0 Å². The lowest BCUT2D eigenvalue weighted by atomic mass is 10.1. The third-order valence-corrected chi connectivity index (χ3v) is 3.50. The number of benzene rings is 1. The van der Waals surface area contributed by atoms with Gasteiger partial charge in [-0.2, -0.15) is 5.26 Å². The summed E-state index contributed by atoms with van der Waals surface area (Å²) >= 11 is 0. The predicted molar refractivity (Wildman–Crippen MR) is 82.0 cm³/mol. The lowest BCUT2D eigenvalue weighted by molar-refractivity contribution is 1.00. The number of H-pyrrole nitrogens is 1. The number of aryl methyl sites for hydroxylation is 1. The molecule has 3 aromatic rings. The van der Waals surface area contributed by atoms with Gasteiger partial charge in [-0.05, 0) is 24.5 Å². The average Bonchev–Trinajstić information content (AvgIpc) is 2.93. The second kappa shape index (κ2) is 5.63. The second-order valence-electron chi connectivity index (χ2n) is 4.85. The maximum absolute atomic E-state index is 8.98. The van der Waals surface area contributed by atoms with Gasteiger partial charge in [0.25, 0.3) is 0 Å². The van der Waals surface area contributed by atoms with Crippen LogP contribution in [0.2, 0.25) is 0 Å². The van der Waals surface area contributed by atoms with Crippen molar-refractivity contribution >= 4 is 16.7 Å². The quantitative estimate of drug-likeness (QED) is 0.768. The molecule has 2 N–H and O–H groups in total. The van der Waals surface area contributed by atoms with E-state index in [9.17, 15) is 0 Å². The maximum atomic E-state index is 8.98. The molecule has 5 nitrogen and oxygen atoms in total. The fourth-order valence-electron chi connectivity index (χ4n) is 2.44. The molecule has 0 radical (unpaired) electrons. The van der Waals surface area contributed by atoms with Gasteiger partial charge in [-0.25, -0.2) is 9.97 Å². The van der Waals surface area contributed by atoms with Gasteiger partial charge in [0.15, 0.2) is 11.5 Å². The Bertz CT molecular complexity index is 813. The van der Waals surface area contributed by atoms with Crippen molar-refractivity contribution in [2.45, 2.75) is 13.3 Å². The van der Waals surface area contributed by atoms with Crippen molar-refractivity contribution < 1.29 is 0 Å². The van der Waals surface area contributed by atoms with Gasteiger partial charge in [0.05, 0.1) is 0 Å². The molecule has 0 aliphatic heterocycles. The van der Waals surface area contributed by atoms with Crippen molar-refractivity contribution in [1.82, 2.24) is 15.0 Å². The topological polar surface area (TPSA) is 77.4 Å². The molecule has 0 amide bonds. The number of aromatic nitrogens is 3. The zero-order valence-electron chi connectivity index (χ0n) is 11.7. The summed E-state index contributed by atoms with van der Waals surface area (Å²) in [6, 6.07) is 8.32. The first kappa shape index (κ1) is 13.1. The highest BCUT2D eigenvalue weighted by Gasteiger charge is 2.06. The summed E-state index contributed by atoms with van der Waals surface area (Å²) in [4.78, 5) is 11.4. The largest absolute Gasteiger partial charge is 0.367 e. The predicted octanol–water partition coefficient (Wildman–Crippen LogP) is 2.79. The number of rotatable bonds is 4. The molecule has 104 valence electrons. The fraction of sp³-hybridized carbons (Fsp3) is 0.188. The van der Waals surface area contributed by atoms with E-state index >= 15 is 0 Å². The summed E-state index contributed by atoms with van der Waals surface area (Å²) in [5.41, 5.74) is 4.01. The minimum absolute atomic E-state index is 0.326. The number of hydrogen-bond acceptors (Lipinski definition) is 4. The molecule has 3 rings (SSSR count). The third kappa shape index (κ3) is 2.56. The van der Waals surface area contributed by atoms with E-state index in [2.05, 4.69) is 45.4 Å². The van der Waals surface area contributed by atoms with Gasteiger partial charge < -0.3 is 10.3 Å². The molecule has 0 fully saturated rings. The minimum Gasteiger partial charge on any atom is -0.367 e. The van der Waals surface area contributed by atoms with Gasteiger partial charge >= 0.3 is 0 Å². The van der Waals surface area contributed by atoms with Crippen LogP contribution in [0.4, 0.5) is 5.82 Å². The molecule has 1 aromatic carbocycles. The molecule has 5 heteroatoms. The third-order valence-electron chi connectivity index (χ3n) is 3.50. The van der Waals surface area contributed by atoms with Crippen LogP contribution in [0.3, 0.4) is 0 Å². The molecule has 0 bridgehead atoms. The Morgan fingerprint density at radius 2 is 2.14 bits per heavy atom. The van der Waals surface area contributed by atoms with E-state index in [1.807, 2.05) is 12.3 Å². The molecular weight excluding hydrogens is 262 g/mol. The molecule has 0 unspecified atom stereocenters. The van der Waals surface area contributed by atoms with E-state index < -0.39 is 0 Å². The Morgan fingerprint density at radius 3 is 3.00 bits per heavy atom. The number of aromatic amines is 1. The molecule has 0 atom stereocenters. The van der Waals surface area contributed by atoms with E-state index in [1.165, 1.54) is 28.2 Å². The van der Waals surface area contributed by atoms with E-state index in [1.54, 1.807) is 6.20 Å². The first-order valence-electron chi connectivity index (χ1n) is 6.80. The molecule has 0 aliphatic carbocycles. The molecule has 0 saturated carbocycles. The van der Waals surface area contributed by atoms with Crippen LogP contribution in [-0.2, 0) is 6.42 Å². The highest BCUT2D eigenvalue weighted by atomic mass is 15.0. The van der Waals surface area contributed by atoms with Crippen LogP contribution in [0.15, 0.2) is 36.8 Å². The smallest absolute Gasteiger partial charge is 0.182 e. The van der Waals surface area contributed by atoms with E-state index in [0.717, 1.165) is 6.42 Å². The van der Waals surface area contributed by atoms with Crippen molar-refractivity contribution in [2.75, 3.05) is 11.9 Å². The minimum atomic E-state index is 0.326. The van der Waals surface area contributed by atoms with Crippen LogP contribution in [0.5, 0.6) is 0 Å². The van der Waals surface area contributed by atoms with Crippen molar-refractivity contribution in [2.24, 2.45) is 0 Å². The van der Waals surface area contributed by atoms with Crippen LogP contribution in [0, 0.1) is 18.3 Å². The average molecular weight is 277 g/mol. The number of nitrogens with zero attached hydrogens (tertiary/aromatic N) is 3. The number of anilines is 1. The fourth-order valence-corrected chi connectivity index (χ4v) is 2.44. The first-order chi connectivity index (χ1) is 10.3. The van der Waals surface area contributed by atoms with Crippen LogP contribution < -0.4 is 5.32 Å². The van der Waals surface area contributed by atoms with Crippen LogP contribution in [0.1, 0.15) is 16.8 Å². The lowest BCUT2D eigenvalue weighted by Gasteiger charge is -2.05. The summed E-state index contributed by atoms with van der Waals surface area (Å²) in [5.74, 6) is 0.538. The zero-order chi connectivity index (χ0) is 14.7. The highest BCUT2D eigenvalue weighted by Crippen LogP contribution is 2.21. The van der Waals surface area contributed by atoms with Crippen LogP contribution in [-0.4, -0.2) is 21.5 Å². The van der Waals surface area contributed by atoms with Gasteiger partial charge in [0, 0.05) is 36.0 Å². The summed E-state index contributed by atoms with van der Waals surface area (Å²) < 4.78 is 0. The monoisotopic (exact) mass is 277 g/mol. The number of fused-ring (bicyclic) bond motifs is 1. The SMILES string of the molecule is Cc1cccc2c(CCNc3nccnc3C#N)c[nH]c12. The van der Waals surface area contributed by atoms with Crippen molar-refractivity contribution in [3.63, 3.8) is 0 Å². The summed E-state index contributed by atoms with van der Waals surface area (Å²) in [6.45, 7) is 2.80. The molecule has 0 spiro atoms. The number of para-hydroxylation sites is 1. The van der Waals surface area contributed by atoms with Gasteiger partial charge in [0.1, 0.15) is 6.07 Å². The normalized spacial score (nSPS) is 10.5. The van der Waals surface area contributed by atoms with Crippen molar-refractivity contribution in [3.05, 3.63) is 53.6 Å². The Labute approximate surface area is 122 Å². The number of nitrogens with one attached hydrogen (secondary N) is 2. The Hall–Kier alpha value is -2.87. The molecule has 21 heavy (non-hydrogen) atoms. The molecule has 0 aliphatic rings. The van der Waals surface area contributed by atoms with E-state index in [0.29, 0.717) is 18.1 Å². The molecular formula is C16H15N5. The number of nitriles is 1. The Kier molecular flexibility index (Phi) is 3.52. The summed E-state index contributed by atoms with van der Waals surface area (Å²) in [5, 5.41) is 13.4. The van der Waals surface area contributed by atoms with Gasteiger partial charge in [-0.15, -0.1) is 0 Å². The summed E-state index contributed by atoms with van der Waals surface area (Å²) in [7, 11) is 0. The molecule has 0 saturated heterocycles. The van der Waals surface area contributed by atoms with Crippen molar-refractivity contribution in [1.29, 1.82) is 5.26 Å². The Morgan fingerprint density at radius 1 is 1.29 bits per heavy atom. The van der Waals surface area contributed by atoms with E-state index in [4.69, 9.17) is 5.26 Å². The van der Waals surface area contributed by atoms with E-state index in [-0.39, 0.29) is 0 Å². The summed E-state index contributed by atoms with van der Waals surface area (Å²) in [6.07, 6.45) is 6.00. The zero-order valence-corrected chi connectivity index (χ0v) is 11.7. The Balaban J connectivity index is 1.73. The first-order valence-corrected chi connectivity index (χ1v) is 6.80. The lowest BCUT2D eigenvalue weighted by Crippen LogP contribution is -2.08. The second-order valence-corrected chi connectivity index (χ2v) is 4.85. The van der Waals surface area contributed by atoms with Crippen LogP contribution in [0.25, 0.3) is 10.9 Å². The van der Waals surface area contributed by atoms with Crippen LogP contribution >= 0.6 is 0 Å². The number of hydrogen-bond donors (Lipinski definition) is 2. The molecule has 2 heterocycles. The highest BCUT2D eigenvalue weighted by molar-refractivity contribution is 5.85. The van der Waals surface area contributed by atoms with Gasteiger partial charge in [-0.1, -0.05) is 18.2 Å². The van der Waals surface area contributed by atoms with Gasteiger partial charge in [0.2, 0.25) is 0 Å². The van der Waals surface area contributed by atoms with Crippen molar-refractivity contribution in [3.8, 4) is 6.07 Å². The molecule has 2 aromatic heterocycles.